The first kappa shape index (κ1) is 21.0. The van der Waals surface area contributed by atoms with Crippen LogP contribution in [0.15, 0.2) is 53.4 Å². The van der Waals surface area contributed by atoms with Crippen LogP contribution in [-0.2, 0) is 0 Å². The van der Waals surface area contributed by atoms with Gasteiger partial charge in [-0.25, -0.2) is 14.5 Å². The molecule has 1 saturated heterocycles. The highest BCUT2D eigenvalue weighted by Gasteiger charge is 2.35. The van der Waals surface area contributed by atoms with Crippen molar-refractivity contribution in [1.29, 1.82) is 0 Å². The lowest BCUT2D eigenvalue weighted by atomic mass is 9.84. The van der Waals surface area contributed by atoms with Gasteiger partial charge in [0.1, 0.15) is 11.8 Å². The Morgan fingerprint density at radius 1 is 1.09 bits per heavy atom. The minimum Gasteiger partial charge on any atom is -0.443 e. The molecule has 1 aliphatic heterocycles. The van der Waals surface area contributed by atoms with Crippen LogP contribution in [0.4, 0.5) is 4.39 Å². The number of hydrogen-bond donors (Lipinski definition) is 0. The van der Waals surface area contributed by atoms with E-state index in [2.05, 4.69) is 34.3 Å². The number of hydrogen-bond acceptors (Lipinski definition) is 5. The number of likely N-dealkylation sites (tertiary alicyclic amines) is 1. The number of aromatic nitrogens is 4. The first-order valence-corrected chi connectivity index (χ1v) is 12.0. The van der Waals surface area contributed by atoms with Crippen molar-refractivity contribution < 1.29 is 13.6 Å². The molecule has 0 atom stereocenters. The SMILES string of the molecule is O=C(c1c(-c2ncco2)nn2ccc(-c3ccc(C4CCCCC4)cc3)nc12)N1CC(CF)C1. The fourth-order valence-electron chi connectivity index (χ4n) is 5.13. The number of carbonyl (C=O) groups excluding carboxylic acids is 1. The summed E-state index contributed by atoms with van der Waals surface area (Å²) in [4.78, 5) is 24.0. The van der Waals surface area contributed by atoms with Gasteiger partial charge in [-0.3, -0.25) is 9.18 Å². The van der Waals surface area contributed by atoms with Gasteiger partial charge >= 0.3 is 0 Å². The second-order valence-electron chi connectivity index (χ2n) is 9.33. The maximum absolute atomic E-state index is 13.4. The zero-order valence-corrected chi connectivity index (χ0v) is 18.9. The van der Waals surface area contributed by atoms with Crippen LogP contribution in [0.3, 0.4) is 0 Å². The van der Waals surface area contributed by atoms with E-state index in [-0.39, 0.29) is 17.7 Å². The van der Waals surface area contributed by atoms with Crippen molar-refractivity contribution in [1.82, 2.24) is 24.5 Å². The number of nitrogens with zero attached hydrogens (tertiary/aromatic N) is 5. The van der Waals surface area contributed by atoms with Crippen LogP contribution in [0.5, 0.6) is 0 Å². The molecule has 2 aliphatic rings. The Kier molecular flexibility index (Phi) is 5.36. The number of carbonyl (C=O) groups is 1. The summed E-state index contributed by atoms with van der Waals surface area (Å²) in [6, 6.07) is 10.5. The first-order chi connectivity index (χ1) is 16.7. The zero-order valence-electron chi connectivity index (χ0n) is 18.9. The van der Waals surface area contributed by atoms with Gasteiger partial charge in [-0.2, -0.15) is 5.10 Å². The van der Waals surface area contributed by atoms with Gasteiger partial charge in [0.2, 0.25) is 5.89 Å². The Labute approximate surface area is 196 Å². The van der Waals surface area contributed by atoms with Gasteiger partial charge in [-0.1, -0.05) is 43.5 Å². The van der Waals surface area contributed by atoms with Crippen molar-refractivity contribution in [3.05, 3.63) is 60.1 Å². The topological polar surface area (TPSA) is 76.5 Å². The molecule has 0 bridgehead atoms. The molecule has 2 fully saturated rings. The van der Waals surface area contributed by atoms with Crippen molar-refractivity contribution in [3.8, 4) is 22.8 Å². The molecule has 7 nitrogen and oxygen atoms in total. The molecule has 8 heteroatoms. The molecule has 0 radical (unpaired) electrons. The predicted octanol–water partition coefficient (Wildman–Crippen LogP) is 5.14. The highest BCUT2D eigenvalue weighted by Crippen LogP contribution is 2.34. The second kappa shape index (κ2) is 8.66. The summed E-state index contributed by atoms with van der Waals surface area (Å²) in [5.41, 5.74) is 4.25. The summed E-state index contributed by atoms with van der Waals surface area (Å²) in [7, 11) is 0. The molecule has 174 valence electrons. The van der Waals surface area contributed by atoms with Gasteiger partial charge in [-0.15, -0.1) is 0 Å². The standard InChI is InChI=1S/C26H26FN5O2/c27-14-17-15-31(16-17)26(33)22-23(25-28-11-13-34-25)30-32-12-10-21(29-24(22)32)20-8-6-19(7-9-20)18-4-2-1-3-5-18/h6-13,17-18H,1-5,14-16H2. The summed E-state index contributed by atoms with van der Waals surface area (Å²) < 4.78 is 20.0. The van der Waals surface area contributed by atoms with Crippen LogP contribution >= 0.6 is 0 Å². The number of amides is 1. The van der Waals surface area contributed by atoms with Gasteiger partial charge in [0, 0.05) is 30.8 Å². The summed E-state index contributed by atoms with van der Waals surface area (Å²) in [5, 5.41) is 4.54. The third kappa shape index (κ3) is 3.67. The van der Waals surface area contributed by atoms with E-state index in [9.17, 15) is 9.18 Å². The molecule has 1 aliphatic carbocycles. The molecule has 1 amide bonds. The summed E-state index contributed by atoms with van der Waals surface area (Å²) in [6.07, 6.45) is 11.2. The Morgan fingerprint density at radius 2 is 1.88 bits per heavy atom. The molecule has 0 spiro atoms. The van der Waals surface area contributed by atoms with Crippen molar-refractivity contribution in [3.63, 3.8) is 0 Å². The third-order valence-electron chi connectivity index (χ3n) is 7.08. The average Bonchev–Trinajstić information content (AvgIpc) is 3.51. The van der Waals surface area contributed by atoms with Crippen LogP contribution in [0.25, 0.3) is 28.5 Å². The van der Waals surface area contributed by atoms with E-state index in [0.29, 0.717) is 35.9 Å². The van der Waals surface area contributed by atoms with Gasteiger partial charge in [0.15, 0.2) is 11.3 Å². The predicted molar refractivity (Wildman–Crippen MR) is 125 cm³/mol. The summed E-state index contributed by atoms with van der Waals surface area (Å²) in [6.45, 7) is 0.352. The summed E-state index contributed by atoms with van der Waals surface area (Å²) >= 11 is 0. The van der Waals surface area contributed by atoms with Crippen molar-refractivity contribution in [2.75, 3.05) is 19.8 Å². The fourth-order valence-corrected chi connectivity index (χ4v) is 5.13. The first-order valence-electron chi connectivity index (χ1n) is 12.0. The van der Waals surface area contributed by atoms with Crippen molar-refractivity contribution in [2.45, 2.75) is 38.0 Å². The number of halogens is 1. The van der Waals surface area contributed by atoms with E-state index in [1.165, 1.54) is 50.1 Å². The number of oxazole rings is 1. The van der Waals surface area contributed by atoms with Crippen molar-refractivity contribution >= 4 is 11.6 Å². The molecule has 0 N–H and O–H groups in total. The molecule has 0 unspecified atom stereocenters. The molecule has 3 aromatic heterocycles. The second-order valence-corrected chi connectivity index (χ2v) is 9.33. The highest BCUT2D eigenvalue weighted by molar-refractivity contribution is 6.05. The van der Waals surface area contributed by atoms with Crippen LogP contribution in [0, 0.1) is 5.92 Å². The van der Waals surface area contributed by atoms with Gasteiger partial charge in [0.05, 0.1) is 18.6 Å². The number of benzene rings is 1. The molecule has 1 saturated carbocycles. The Hall–Kier alpha value is -3.55. The third-order valence-corrected chi connectivity index (χ3v) is 7.08. The van der Waals surface area contributed by atoms with E-state index in [0.717, 1.165) is 11.3 Å². The molecule has 34 heavy (non-hydrogen) atoms. The van der Waals surface area contributed by atoms with Gasteiger partial charge in [0.25, 0.3) is 5.91 Å². The van der Waals surface area contributed by atoms with E-state index in [1.807, 2.05) is 6.07 Å². The van der Waals surface area contributed by atoms with Gasteiger partial charge in [-0.05, 0) is 30.4 Å². The lowest BCUT2D eigenvalue weighted by Gasteiger charge is -2.37. The van der Waals surface area contributed by atoms with Crippen molar-refractivity contribution in [2.24, 2.45) is 5.92 Å². The maximum Gasteiger partial charge on any atom is 0.260 e. The molecule has 4 aromatic rings. The molecule has 4 heterocycles. The normalized spacial score (nSPS) is 17.3. The largest absolute Gasteiger partial charge is 0.443 e. The zero-order chi connectivity index (χ0) is 23.1. The highest BCUT2D eigenvalue weighted by atomic mass is 19.1. The van der Waals surface area contributed by atoms with E-state index >= 15 is 0 Å². The number of alkyl halides is 1. The Bertz CT molecular complexity index is 1300. The van der Waals surface area contributed by atoms with E-state index in [4.69, 9.17) is 9.40 Å². The Balaban J connectivity index is 1.38. The minimum atomic E-state index is -0.426. The Morgan fingerprint density at radius 3 is 2.59 bits per heavy atom. The van der Waals surface area contributed by atoms with Crippen LogP contribution < -0.4 is 0 Å². The molecule has 6 rings (SSSR count). The van der Waals surface area contributed by atoms with Crippen LogP contribution in [0.1, 0.15) is 53.9 Å². The molecular formula is C26H26FN5O2. The fraction of sp³-hybridized carbons (Fsp3) is 0.385. The number of fused-ring (bicyclic) bond motifs is 1. The lowest BCUT2D eigenvalue weighted by molar-refractivity contribution is 0.0455. The van der Waals surface area contributed by atoms with Gasteiger partial charge < -0.3 is 9.32 Å². The minimum absolute atomic E-state index is 0.109. The van der Waals surface area contributed by atoms with Crippen LogP contribution in [-0.4, -0.2) is 50.2 Å². The van der Waals surface area contributed by atoms with E-state index < -0.39 is 6.67 Å². The average molecular weight is 460 g/mol. The number of rotatable bonds is 5. The van der Waals surface area contributed by atoms with E-state index in [1.54, 1.807) is 15.6 Å². The maximum atomic E-state index is 13.4. The molecular weight excluding hydrogens is 433 g/mol. The molecule has 1 aromatic carbocycles. The summed E-state index contributed by atoms with van der Waals surface area (Å²) in [5.74, 6) is 0.562. The lowest BCUT2D eigenvalue weighted by Crippen LogP contribution is -2.50. The monoisotopic (exact) mass is 459 g/mol. The van der Waals surface area contributed by atoms with Crippen LogP contribution in [0.2, 0.25) is 0 Å². The quantitative estimate of drug-likeness (QED) is 0.413. The smallest absolute Gasteiger partial charge is 0.260 e.